The largest absolute Gasteiger partial charge is 0.494 e. The van der Waals surface area contributed by atoms with Gasteiger partial charge in [-0.2, -0.15) is 8.78 Å². The van der Waals surface area contributed by atoms with Crippen LogP contribution in [0.1, 0.15) is 6.42 Å². The van der Waals surface area contributed by atoms with E-state index in [-0.39, 0.29) is 6.54 Å². The molecule has 0 saturated carbocycles. The van der Waals surface area contributed by atoms with Gasteiger partial charge in [0.1, 0.15) is 5.75 Å². The van der Waals surface area contributed by atoms with Gasteiger partial charge in [-0.25, -0.2) is 0 Å². The van der Waals surface area contributed by atoms with Crippen LogP contribution in [0.15, 0.2) is 30.3 Å². The predicted molar refractivity (Wildman–Crippen MR) is 55.6 cm³/mol. The molecular weight excluding hydrogens is 216 g/mol. The smallest absolute Gasteiger partial charge is 0.315 e. The fraction of sp³-hybridized carbons (Fsp3) is 0.364. The number of ether oxygens (including phenoxy) is 1. The minimum atomic E-state index is -2.95. The zero-order chi connectivity index (χ0) is 11.8. The molecule has 0 fully saturated rings. The van der Waals surface area contributed by atoms with Gasteiger partial charge in [-0.15, -0.1) is 0 Å². The molecule has 5 heteroatoms. The molecule has 3 nitrogen and oxygen atoms in total. The highest BCUT2D eigenvalue weighted by Crippen LogP contribution is 2.07. The first-order valence-electron chi connectivity index (χ1n) is 4.94. The highest BCUT2D eigenvalue weighted by Gasteiger charge is 2.13. The molecule has 0 radical (unpaired) electrons. The van der Waals surface area contributed by atoms with Gasteiger partial charge >= 0.3 is 6.43 Å². The molecule has 0 heterocycles. The predicted octanol–water partition coefficient (Wildman–Crippen LogP) is 1.84. The monoisotopic (exact) mass is 229 g/mol. The molecule has 0 aliphatic heterocycles. The summed E-state index contributed by atoms with van der Waals surface area (Å²) in [6, 6.07) is 9.16. The van der Waals surface area contributed by atoms with E-state index in [4.69, 9.17) is 4.74 Å². The van der Waals surface area contributed by atoms with Crippen molar-refractivity contribution in [3.8, 4) is 5.75 Å². The van der Waals surface area contributed by atoms with E-state index in [1.165, 1.54) is 0 Å². The molecule has 1 N–H and O–H groups in total. The van der Waals surface area contributed by atoms with Gasteiger partial charge in [0, 0.05) is 6.54 Å². The van der Waals surface area contributed by atoms with Gasteiger partial charge in [-0.05, 0) is 18.6 Å². The van der Waals surface area contributed by atoms with E-state index in [1.807, 2.05) is 18.2 Å². The van der Waals surface area contributed by atoms with Gasteiger partial charge in [0.15, 0.2) is 0 Å². The molecule has 1 amide bonds. The van der Waals surface area contributed by atoms with Gasteiger partial charge in [-0.3, -0.25) is 4.79 Å². The molecule has 0 aromatic heterocycles. The standard InChI is InChI=1S/C11H13F2NO2/c12-10(13)11(15)14-7-4-8-16-9-5-2-1-3-6-9/h1-3,5-6,10H,4,7-8H2,(H,14,15). The third kappa shape index (κ3) is 4.72. The first-order chi connectivity index (χ1) is 7.70. The average molecular weight is 229 g/mol. The van der Waals surface area contributed by atoms with Gasteiger partial charge in [0.2, 0.25) is 0 Å². The van der Waals surface area contributed by atoms with Crippen molar-refractivity contribution in [2.45, 2.75) is 12.8 Å². The number of carbonyl (C=O) groups is 1. The maximum Gasteiger partial charge on any atom is 0.315 e. The number of carbonyl (C=O) groups excluding carboxylic acids is 1. The van der Waals surface area contributed by atoms with E-state index in [2.05, 4.69) is 5.32 Å². The number of para-hydroxylation sites is 1. The SMILES string of the molecule is O=C(NCCCOc1ccccc1)C(F)F. The normalized spacial score (nSPS) is 10.2. The molecule has 0 aliphatic rings. The van der Waals surface area contributed by atoms with Crippen LogP contribution in [-0.2, 0) is 4.79 Å². The summed E-state index contributed by atoms with van der Waals surface area (Å²) in [7, 11) is 0. The van der Waals surface area contributed by atoms with Crippen molar-refractivity contribution in [3.05, 3.63) is 30.3 Å². The zero-order valence-electron chi connectivity index (χ0n) is 8.66. The zero-order valence-corrected chi connectivity index (χ0v) is 8.66. The number of amides is 1. The van der Waals surface area contributed by atoms with E-state index in [0.717, 1.165) is 5.75 Å². The van der Waals surface area contributed by atoms with Gasteiger partial charge in [-0.1, -0.05) is 18.2 Å². The Morgan fingerprint density at radius 2 is 2.00 bits per heavy atom. The molecule has 16 heavy (non-hydrogen) atoms. The van der Waals surface area contributed by atoms with Gasteiger partial charge < -0.3 is 10.1 Å². The van der Waals surface area contributed by atoms with Crippen LogP contribution in [0.3, 0.4) is 0 Å². The Hall–Kier alpha value is -1.65. The lowest BCUT2D eigenvalue weighted by atomic mass is 10.3. The summed E-state index contributed by atoms with van der Waals surface area (Å²) < 4.78 is 28.8. The Morgan fingerprint density at radius 1 is 1.31 bits per heavy atom. The van der Waals surface area contributed by atoms with Crippen LogP contribution in [0.4, 0.5) is 8.78 Å². The third-order valence-corrected chi connectivity index (χ3v) is 1.83. The Labute approximate surface area is 92.4 Å². The summed E-state index contributed by atoms with van der Waals surface area (Å²) in [6.45, 7) is 0.573. The lowest BCUT2D eigenvalue weighted by Gasteiger charge is -2.06. The van der Waals surface area contributed by atoms with E-state index in [0.29, 0.717) is 13.0 Å². The lowest BCUT2D eigenvalue weighted by Crippen LogP contribution is -2.30. The lowest BCUT2D eigenvalue weighted by molar-refractivity contribution is -0.131. The fourth-order valence-corrected chi connectivity index (χ4v) is 1.07. The maximum absolute atomic E-state index is 11.8. The molecule has 1 aromatic rings. The molecule has 88 valence electrons. The average Bonchev–Trinajstić information content (AvgIpc) is 2.29. The van der Waals surface area contributed by atoms with Crippen LogP contribution in [0.2, 0.25) is 0 Å². The van der Waals surface area contributed by atoms with Gasteiger partial charge in [0.05, 0.1) is 6.61 Å². The van der Waals surface area contributed by atoms with Crippen molar-refractivity contribution in [1.29, 1.82) is 0 Å². The van der Waals surface area contributed by atoms with E-state index < -0.39 is 12.3 Å². The minimum absolute atomic E-state index is 0.190. The van der Waals surface area contributed by atoms with Crippen molar-refractivity contribution in [1.82, 2.24) is 5.32 Å². The molecular formula is C11H13F2NO2. The molecule has 0 unspecified atom stereocenters. The first kappa shape index (κ1) is 12.4. The first-order valence-corrected chi connectivity index (χ1v) is 4.94. The highest BCUT2D eigenvalue weighted by atomic mass is 19.3. The second-order valence-corrected chi connectivity index (χ2v) is 3.11. The third-order valence-electron chi connectivity index (χ3n) is 1.83. The summed E-state index contributed by atoms with van der Waals surface area (Å²) >= 11 is 0. The minimum Gasteiger partial charge on any atom is -0.494 e. The Balaban J connectivity index is 2.07. The summed E-state index contributed by atoms with van der Waals surface area (Å²) in [5.41, 5.74) is 0. The molecule has 1 rings (SSSR count). The molecule has 0 bridgehead atoms. The van der Waals surface area contributed by atoms with Gasteiger partial charge in [0.25, 0.3) is 5.91 Å². The maximum atomic E-state index is 11.8. The van der Waals surface area contributed by atoms with E-state index >= 15 is 0 Å². The quantitative estimate of drug-likeness (QED) is 0.756. The van der Waals surface area contributed by atoms with Crippen molar-refractivity contribution in [2.75, 3.05) is 13.2 Å². The second kappa shape index (κ2) is 6.76. The summed E-state index contributed by atoms with van der Waals surface area (Å²) in [5, 5.41) is 2.10. The van der Waals surface area contributed by atoms with Crippen molar-refractivity contribution < 1.29 is 18.3 Å². The summed E-state index contributed by atoms with van der Waals surface area (Å²) in [4.78, 5) is 10.5. The van der Waals surface area contributed by atoms with Crippen LogP contribution in [0.25, 0.3) is 0 Å². The number of rotatable bonds is 6. The summed E-state index contributed by atoms with van der Waals surface area (Å²) in [5.74, 6) is -0.512. The Morgan fingerprint density at radius 3 is 2.62 bits per heavy atom. The van der Waals surface area contributed by atoms with Crippen LogP contribution in [-0.4, -0.2) is 25.5 Å². The molecule has 0 spiro atoms. The van der Waals surface area contributed by atoms with E-state index in [1.54, 1.807) is 12.1 Å². The Kier molecular flexibility index (Phi) is 5.25. The molecule has 1 aromatic carbocycles. The number of hydrogen-bond donors (Lipinski definition) is 1. The van der Waals surface area contributed by atoms with Crippen LogP contribution < -0.4 is 10.1 Å². The molecule has 0 aliphatic carbocycles. The van der Waals surface area contributed by atoms with Crippen molar-refractivity contribution >= 4 is 5.91 Å². The Bertz CT molecular complexity index is 317. The molecule has 0 saturated heterocycles. The summed E-state index contributed by atoms with van der Waals surface area (Å²) in [6.07, 6.45) is -2.46. The number of halogens is 2. The fourth-order valence-electron chi connectivity index (χ4n) is 1.07. The van der Waals surface area contributed by atoms with Crippen LogP contribution in [0.5, 0.6) is 5.75 Å². The van der Waals surface area contributed by atoms with Crippen molar-refractivity contribution in [3.63, 3.8) is 0 Å². The van der Waals surface area contributed by atoms with Crippen LogP contribution >= 0.6 is 0 Å². The number of nitrogens with one attached hydrogen (secondary N) is 1. The highest BCUT2D eigenvalue weighted by molar-refractivity contribution is 5.78. The second-order valence-electron chi connectivity index (χ2n) is 3.11. The number of benzene rings is 1. The number of hydrogen-bond acceptors (Lipinski definition) is 2. The van der Waals surface area contributed by atoms with Crippen LogP contribution in [0, 0.1) is 0 Å². The molecule has 0 atom stereocenters. The van der Waals surface area contributed by atoms with E-state index in [9.17, 15) is 13.6 Å². The number of alkyl halides is 2. The topological polar surface area (TPSA) is 38.3 Å². The van der Waals surface area contributed by atoms with Crippen molar-refractivity contribution in [2.24, 2.45) is 0 Å².